The number of nitrogens with one attached hydrogen (secondary N) is 1. The van der Waals surface area contributed by atoms with E-state index in [1.54, 1.807) is 6.07 Å². The lowest BCUT2D eigenvalue weighted by atomic mass is 10.1. The molecule has 5 nitrogen and oxygen atoms in total. The highest BCUT2D eigenvalue weighted by atomic mass is 19.1. The van der Waals surface area contributed by atoms with Gasteiger partial charge in [0.05, 0.1) is 31.9 Å². The van der Waals surface area contributed by atoms with E-state index in [4.69, 9.17) is 9.15 Å². The van der Waals surface area contributed by atoms with Crippen molar-refractivity contribution in [1.82, 2.24) is 0 Å². The van der Waals surface area contributed by atoms with Gasteiger partial charge in [0, 0.05) is 6.07 Å². The number of aryl methyl sites for hydroxylation is 1. The van der Waals surface area contributed by atoms with Crippen LogP contribution in [0.2, 0.25) is 0 Å². The van der Waals surface area contributed by atoms with Crippen LogP contribution >= 0.6 is 0 Å². The number of nitrogens with zero attached hydrogens (tertiary/aromatic N) is 1. The Labute approximate surface area is 175 Å². The zero-order valence-electron chi connectivity index (χ0n) is 17.1. The number of anilines is 1. The zero-order valence-corrected chi connectivity index (χ0v) is 17.1. The third-order valence-electron chi connectivity index (χ3n) is 5.42. The second-order valence-electron chi connectivity index (χ2n) is 7.72. The summed E-state index contributed by atoms with van der Waals surface area (Å²) in [5.41, 5.74) is 2.64. The van der Waals surface area contributed by atoms with Crippen LogP contribution < -0.4 is 20.0 Å². The lowest BCUT2D eigenvalue weighted by molar-refractivity contribution is -0.915. The fourth-order valence-corrected chi connectivity index (χ4v) is 3.79. The second kappa shape index (κ2) is 9.13. The van der Waals surface area contributed by atoms with E-state index in [2.05, 4.69) is 4.90 Å². The summed E-state index contributed by atoms with van der Waals surface area (Å²) < 4.78 is 25.3. The fraction of sp³-hybridized carbons (Fsp3) is 0.292. The van der Waals surface area contributed by atoms with Crippen LogP contribution in [0.3, 0.4) is 0 Å². The summed E-state index contributed by atoms with van der Waals surface area (Å²) in [5, 5.41) is 0. The van der Waals surface area contributed by atoms with Gasteiger partial charge in [-0.3, -0.25) is 4.79 Å². The van der Waals surface area contributed by atoms with Crippen LogP contribution in [0.5, 0.6) is 5.75 Å². The molecule has 1 aliphatic rings. The molecule has 0 spiro atoms. The fourth-order valence-electron chi connectivity index (χ4n) is 3.79. The molecule has 156 valence electrons. The van der Waals surface area contributed by atoms with E-state index in [0.29, 0.717) is 24.6 Å². The normalized spacial score (nSPS) is 14.7. The average Bonchev–Trinajstić information content (AvgIpc) is 2.74. The maximum Gasteiger partial charge on any atom is 0.227 e. The molecule has 0 atom stereocenters. The topological polar surface area (TPSA) is 47.1 Å². The first kappa shape index (κ1) is 20.2. The summed E-state index contributed by atoms with van der Waals surface area (Å²) in [5.74, 6) is 0.671. The van der Waals surface area contributed by atoms with Crippen LogP contribution in [0.15, 0.2) is 70.1 Å². The molecule has 1 aromatic heterocycles. The number of halogens is 1. The van der Waals surface area contributed by atoms with Crippen LogP contribution in [-0.4, -0.2) is 26.2 Å². The van der Waals surface area contributed by atoms with Gasteiger partial charge in [-0.25, -0.2) is 4.39 Å². The molecule has 1 N–H and O–H groups in total. The smallest absolute Gasteiger partial charge is 0.227 e. The van der Waals surface area contributed by atoms with Crippen molar-refractivity contribution in [3.8, 4) is 5.75 Å². The van der Waals surface area contributed by atoms with Gasteiger partial charge in [-0.05, 0) is 24.6 Å². The van der Waals surface area contributed by atoms with Crippen LogP contribution in [0.4, 0.5) is 10.1 Å². The van der Waals surface area contributed by atoms with E-state index in [1.807, 2.05) is 43.3 Å². The Morgan fingerprint density at radius 1 is 1.10 bits per heavy atom. The minimum absolute atomic E-state index is 0.173. The molecule has 3 aromatic rings. The maximum absolute atomic E-state index is 14.0. The van der Waals surface area contributed by atoms with Crippen LogP contribution in [0.1, 0.15) is 16.9 Å². The van der Waals surface area contributed by atoms with E-state index in [0.717, 1.165) is 37.3 Å². The van der Waals surface area contributed by atoms with Gasteiger partial charge in [-0.15, -0.1) is 0 Å². The molecule has 2 heterocycles. The average molecular weight is 409 g/mol. The molecule has 0 radical (unpaired) electrons. The van der Waals surface area contributed by atoms with Gasteiger partial charge in [0.1, 0.15) is 25.2 Å². The highest BCUT2D eigenvalue weighted by Gasteiger charge is 2.23. The molecular formula is C24H26FN2O3+. The summed E-state index contributed by atoms with van der Waals surface area (Å²) in [6.45, 7) is 6.20. The number of rotatable bonds is 6. The van der Waals surface area contributed by atoms with Crippen LogP contribution in [-0.2, 0) is 13.2 Å². The summed E-state index contributed by atoms with van der Waals surface area (Å²) in [4.78, 5) is 15.8. The van der Waals surface area contributed by atoms with Gasteiger partial charge in [0.25, 0.3) is 0 Å². The Hall–Kier alpha value is -3.12. The largest absolute Gasteiger partial charge is 0.482 e. The van der Waals surface area contributed by atoms with Crippen molar-refractivity contribution < 1.29 is 18.4 Å². The van der Waals surface area contributed by atoms with Crippen molar-refractivity contribution in [2.45, 2.75) is 20.1 Å². The number of piperazine rings is 1. The first-order chi connectivity index (χ1) is 14.6. The minimum atomic E-state index is -0.187. The third-order valence-corrected chi connectivity index (χ3v) is 5.42. The molecule has 6 heteroatoms. The number of quaternary nitrogens is 1. The Morgan fingerprint density at radius 3 is 2.63 bits per heavy atom. The van der Waals surface area contributed by atoms with Gasteiger partial charge in [0.15, 0.2) is 5.76 Å². The highest BCUT2D eigenvalue weighted by Crippen LogP contribution is 2.18. The van der Waals surface area contributed by atoms with E-state index in [-0.39, 0.29) is 17.0 Å². The van der Waals surface area contributed by atoms with Crippen LogP contribution in [0.25, 0.3) is 0 Å². The summed E-state index contributed by atoms with van der Waals surface area (Å²) in [6, 6.07) is 16.4. The van der Waals surface area contributed by atoms with Crippen molar-refractivity contribution in [3.63, 3.8) is 0 Å². The molecule has 1 saturated heterocycles. The molecule has 0 unspecified atom stereocenters. The Kier molecular flexibility index (Phi) is 6.14. The second-order valence-corrected chi connectivity index (χ2v) is 7.72. The van der Waals surface area contributed by atoms with Gasteiger partial charge in [-0.1, -0.05) is 42.0 Å². The first-order valence-corrected chi connectivity index (χ1v) is 10.2. The first-order valence-electron chi connectivity index (χ1n) is 10.2. The maximum atomic E-state index is 14.0. The number of para-hydroxylation sites is 1. The monoisotopic (exact) mass is 409 g/mol. The SMILES string of the molecule is Cc1cccc(COc2coc(C[NH+]3CCN(c4ccccc4F)CC3)cc2=O)c1. The number of hydrogen-bond donors (Lipinski definition) is 1. The molecule has 0 saturated carbocycles. The predicted octanol–water partition coefficient (Wildman–Crippen LogP) is 2.57. The molecule has 1 aliphatic heterocycles. The molecule has 4 rings (SSSR count). The predicted molar refractivity (Wildman–Crippen MR) is 114 cm³/mol. The lowest BCUT2D eigenvalue weighted by Crippen LogP contribution is -3.13. The van der Waals surface area contributed by atoms with Crippen molar-refractivity contribution in [2.24, 2.45) is 0 Å². The Bertz CT molecular complexity index is 1060. The minimum Gasteiger partial charge on any atom is -0.482 e. The van der Waals surface area contributed by atoms with Crippen molar-refractivity contribution in [1.29, 1.82) is 0 Å². The lowest BCUT2D eigenvalue weighted by Gasteiger charge is -2.33. The van der Waals surface area contributed by atoms with Gasteiger partial charge in [-0.2, -0.15) is 0 Å². The van der Waals surface area contributed by atoms with Gasteiger partial charge in [0.2, 0.25) is 11.2 Å². The Balaban J connectivity index is 1.32. The van der Waals surface area contributed by atoms with Crippen molar-refractivity contribution in [3.05, 3.63) is 93.8 Å². The van der Waals surface area contributed by atoms with Gasteiger partial charge >= 0.3 is 0 Å². The van der Waals surface area contributed by atoms with Crippen molar-refractivity contribution in [2.75, 3.05) is 31.1 Å². The van der Waals surface area contributed by atoms with E-state index in [1.165, 1.54) is 23.3 Å². The Morgan fingerprint density at radius 2 is 1.90 bits per heavy atom. The molecule has 30 heavy (non-hydrogen) atoms. The molecule has 0 aliphatic carbocycles. The van der Waals surface area contributed by atoms with Crippen LogP contribution in [0, 0.1) is 12.7 Å². The summed E-state index contributed by atoms with van der Waals surface area (Å²) in [6.07, 6.45) is 1.41. The van der Waals surface area contributed by atoms with Gasteiger partial charge < -0.3 is 19.0 Å². The quantitative estimate of drug-likeness (QED) is 0.680. The van der Waals surface area contributed by atoms with E-state index >= 15 is 0 Å². The summed E-state index contributed by atoms with van der Waals surface area (Å²) in [7, 11) is 0. The molecule has 1 fully saturated rings. The summed E-state index contributed by atoms with van der Waals surface area (Å²) >= 11 is 0. The van der Waals surface area contributed by atoms with E-state index < -0.39 is 0 Å². The number of benzene rings is 2. The molecule has 2 aromatic carbocycles. The standard InChI is InChI=1S/C24H25FN2O3/c1-18-5-4-6-19(13-18)16-30-24-17-29-20(14-23(24)28)15-26-9-11-27(12-10-26)22-8-3-2-7-21(22)25/h2-8,13-14,17H,9-12,15-16H2,1H3/p+1. The molecule has 0 amide bonds. The highest BCUT2D eigenvalue weighted by molar-refractivity contribution is 5.47. The third kappa shape index (κ3) is 4.89. The van der Waals surface area contributed by atoms with Crippen molar-refractivity contribution >= 4 is 5.69 Å². The number of ether oxygens (including phenoxy) is 1. The number of hydrogen-bond acceptors (Lipinski definition) is 4. The zero-order chi connectivity index (χ0) is 20.9. The molecule has 0 bridgehead atoms. The molecular weight excluding hydrogens is 383 g/mol. The van der Waals surface area contributed by atoms with E-state index in [9.17, 15) is 9.18 Å².